The van der Waals surface area contributed by atoms with Crippen molar-refractivity contribution in [2.45, 2.75) is 52.1 Å². The summed E-state index contributed by atoms with van der Waals surface area (Å²) >= 11 is 0. The quantitative estimate of drug-likeness (QED) is 0.795. The molecule has 2 aliphatic rings. The molecule has 2 aliphatic heterocycles. The number of hydrogen-bond acceptors (Lipinski definition) is 4. The van der Waals surface area contributed by atoms with Gasteiger partial charge in [0.2, 0.25) is 5.91 Å². The monoisotopic (exact) mass is 316 g/mol. The topological polar surface area (TPSA) is 49.9 Å². The second-order valence-electron chi connectivity index (χ2n) is 7.22. The van der Waals surface area contributed by atoms with Gasteiger partial charge in [0.15, 0.2) is 0 Å². The lowest BCUT2D eigenvalue weighted by atomic mass is 10.0. The fraction of sp³-hybridized carbons (Fsp3) is 0.556. The van der Waals surface area contributed by atoms with Crippen LogP contribution in [-0.2, 0) is 16.0 Å². The summed E-state index contributed by atoms with van der Waals surface area (Å²) in [5, 5.41) is 0. The second kappa shape index (κ2) is 5.87. The zero-order chi connectivity index (χ0) is 16.6. The largest absolute Gasteiger partial charge is 0.443 e. The molecule has 1 fully saturated rings. The van der Waals surface area contributed by atoms with Crippen molar-refractivity contribution in [1.82, 2.24) is 0 Å². The number of fused-ring (bicyclic) bond motifs is 1. The number of carbonyl (C=O) groups is 2. The second-order valence-corrected chi connectivity index (χ2v) is 7.22. The van der Waals surface area contributed by atoms with Gasteiger partial charge in [-0.1, -0.05) is 0 Å². The van der Waals surface area contributed by atoms with Gasteiger partial charge in [0.05, 0.1) is 5.69 Å². The first kappa shape index (κ1) is 15.8. The van der Waals surface area contributed by atoms with Crippen LogP contribution in [0.4, 0.5) is 16.2 Å². The van der Waals surface area contributed by atoms with E-state index in [0.29, 0.717) is 18.5 Å². The molecule has 0 aromatic heterocycles. The third-order valence-electron chi connectivity index (χ3n) is 4.21. The first-order chi connectivity index (χ1) is 10.8. The van der Waals surface area contributed by atoms with Crippen molar-refractivity contribution in [3.8, 4) is 0 Å². The van der Waals surface area contributed by atoms with Crippen LogP contribution in [0, 0.1) is 0 Å². The van der Waals surface area contributed by atoms with Gasteiger partial charge < -0.3 is 9.64 Å². The molecule has 1 aromatic rings. The molecule has 3 rings (SSSR count). The molecule has 0 spiro atoms. The van der Waals surface area contributed by atoms with Crippen molar-refractivity contribution in [2.24, 2.45) is 0 Å². The Morgan fingerprint density at radius 2 is 1.83 bits per heavy atom. The molecule has 124 valence electrons. The van der Waals surface area contributed by atoms with Crippen molar-refractivity contribution in [3.05, 3.63) is 23.8 Å². The molecule has 0 aliphatic carbocycles. The average Bonchev–Trinajstić information content (AvgIpc) is 2.98. The number of benzene rings is 1. The number of carbonyl (C=O) groups excluding carboxylic acids is 2. The molecule has 0 saturated carbocycles. The highest BCUT2D eigenvalue weighted by Gasteiger charge is 2.33. The van der Waals surface area contributed by atoms with E-state index in [1.165, 1.54) is 23.4 Å². The minimum atomic E-state index is -0.621. The third kappa shape index (κ3) is 3.33. The predicted octanol–water partition coefficient (Wildman–Crippen LogP) is 3.50. The Morgan fingerprint density at radius 1 is 1.13 bits per heavy atom. The number of anilines is 2. The first-order valence-corrected chi connectivity index (χ1v) is 8.29. The maximum Gasteiger partial charge on any atom is 0.421 e. The summed E-state index contributed by atoms with van der Waals surface area (Å²) in [5.41, 5.74) is 2.27. The van der Waals surface area contributed by atoms with E-state index in [4.69, 9.17) is 4.74 Å². The summed E-state index contributed by atoms with van der Waals surface area (Å²) in [5.74, 6) is -0.194. The van der Waals surface area contributed by atoms with E-state index in [2.05, 4.69) is 11.0 Å². The van der Waals surface area contributed by atoms with Crippen LogP contribution in [0.2, 0.25) is 0 Å². The molecule has 5 heteroatoms. The summed E-state index contributed by atoms with van der Waals surface area (Å²) in [6, 6.07) is 5.99. The van der Waals surface area contributed by atoms with E-state index < -0.39 is 11.7 Å². The lowest BCUT2D eigenvalue weighted by Crippen LogP contribution is -2.43. The third-order valence-corrected chi connectivity index (χ3v) is 4.21. The Kier molecular flexibility index (Phi) is 4.04. The Balaban J connectivity index is 1.89. The molecular weight excluding hydrogens is 292 g/mol. The van der Waals surface area contributed by atoms with Gasteiger partial charge >= 0.3 is 6.09 Å². The van der Waals surface area contributed by atoms with E-state index in [9.17, 15) is 9.59 Å². The normalized spacial score (nSPS) is 18.1. The minimum Gasteiger partial charge on any atom is -0.443 e. The minimum absolute atomic E-state index is 0.194. The molecular formula is C18H24N2O3. The fourth-order valence-corrected chi connectivity index (χ4v) is 3.16. The Bertz CT molecular complexity index is 628. The lowest BCUT2D eigenvalue weighted by Gasteiger charge is -2.31. The summed E-state index contributed by atoms with van der Waals surface area (Å²) in [6.45, 7) is 7.56. The standard InChI is InChI=1S/C18H24N2O3/c1-18(2,3)23-17(22)20-15-8-7-14(19-10-4-5-11-19)12-13(15)6-9-16(20)21/h7-8,12H,4-6,9-11H2,1-3H3. The number of hydrogen-bond donors (Lipinski definition) is 0. The highest BCUT2D eigenvalue weighted by atomic mass is 16.6. The maximum absolute atomic E-state index is 12.4. The van der Waals surface area contributed by atoms with Crippen molar-refractivity contribution >= 4 is 23.4 Å². The molecule has 2 heterocycles. The Labute approximate surface area is 137 Å². The summed E-state index contributed by atoms with van der Waals surface area (Å²) in [6.07, 6.45) is 2.88. The van der Waals surface area contributed by atoms with Gasteiger partial charge in [-0.3, -0.25) is 4.79 Å². The molecule has 5 nitrogen and oxygen atoms in total. The number of amides is 2. The summed E-state index contributed by atoms with van der Waals surface area (Å²) < 4.78 is 5.39. The molecule has 1 aromatic carbocycles. The molecule has 2 amide bonds. The van der Waals surface area contributed by atoms with Gasteiger partial charge in [0.25, 0.3) is 0 Å². The highest BCUT2D eigenvalue weighted by Crippen LogP contribution is 2.33. The van der Waals surface area contributed by atoms with Crippen LogP contribution in [0.15, 0.2) is 18.2 Å². The number of aryl methyl sites for hydroxylation is 1. The van der Waals surface area contributed by atoms with Gasteiger partial charge in [0.1, 0.15) is 5.60 Å². The Hall–Kier alpha value is -2.04. The SMILES string of the molecule is CC(C)(C)OC(=O)N1C(=O)CCc2cc(N3CCCC3)ccc21. The van der Waals surface area contributed by atoms with Crippen molar-refractivity contribution < 1.29 is 14.3 Å². The number of ether oxygens (including phenoxy) is 1. The fourth-order valence-electron chi connectivity index (χ4n) is 3.16. The van der Waals surface area contributed by atoms with E-state index in [0.717, 1.165) is 18.7 Å². The number of nitrogens with zero attached hydrogens (tertiary/aromatic N) is 2. The summed E-state index contributed by atoms with van der Waals surface area (Å²) in [7, 11) is 0. The first-order valence-electron chi connectivity index (χ1n) is 8.29. The van der Waals surface area contributed by atoms with E-state index in [1.807, 2.05) is 12.1 Å². The van der Waals surface area contributed by atoms with Gasteiger partial charge in [0, 0.05) is 25.2 Å². The molecule has 0 N–H and O–H groups in total. The zero-order valence-electron chi connectivity index (χ0n) is 14.1. The highest BCUT2D eigenvalue weighted by molar-refractivity contribution is 6.14. The Morgan fingerprint density at radius 3 is 2.48 bits per heavy atom. The predicted molar refractivity (Wildman–Crippen MR) is 89.9 cm³/mol. The van der Waals surface area contributed by atoms with Crippen LogP contribution in [0.25, 0.3) is 0 Å². The van der Waals surface area contributed by atoms with Gasteiger partial charge in [-0.2, -0.15) is 0 Å². The van der Waals surface area contributed by atoms with E-state index in [-0.39, 0.29) is 5.91 Å². The van der Waals surface area contributed by atoms with Crippen molar-refractivity contribution in [1.29, 1.82) is 0 Å². The van der Waals surface area contributed by atoms with Crippen LogP contribution >= 0.6 is 0 Å². The molecule has 0 atom stereocenters. The van der Waals surface area contributed by atoms with Crippen LogP contribution in [-0.4, -0.2) is 30.7 Å². The van der Waals surface area contributed by atoms with Crippen molar-refractivity contribution in [3.63, 3.8) is 0 Å². The zero-order valence-corrected chi connectivity index (χ0v) is 14.1. The summed E-state index contributed by atoms with van der Waals surface area (Å²) in [4.78, 5) is 28.2. The van der Waals surface area contributed by atoms with Crippen LogP contribution in [0.5, 0.6) is 0 Å². The van der Waals surface area contributed by atoms with Gasteiger partial charge in [-0.05, 0) is 63.8 Å². The van der Waals surface area contributed by atoms with Crippen LogP contribution in [0.3, 0.4) is 0 Å². The molecule has 0 bridgehead atoms. The maximum atomic E-state index is 12.4. The smallest absolute Gasteiger partial charge is 0.421 e. The molecule has 0 radical (unpaired) electrons. The average molecular weight is 316 g/mol. The molecule has 1 saturated heterocycles. The van der Waals surface area contributed by atoms with E-state index >= 15 is 0 Å². The van der Waals surface area contributed by atoms with E-state index in [1.54, 1.807) is 20.8 Å². The van der Waals surface area contributed by atoms with Crippen LogP contribution in [0.1, 0.15) is 45.6 Å². The number of rotatable bonds is 1. The lowest BCUT2D eigenvalue weighted by molar-refractivity contribution is -0.118. The van der Waals surface area contributed by atoms with Crippen LogP contribution < -0.4 is 9.80 Å². The number of imide groups is 1. The van der Waals surface area contributed by atoms with Gasteiger partial charge in [-0.25, -0.2) is 9.69 Å². The van der Waals surface area contributed by atoms with Crippen molar-refractivity contribution in [2.75, 3.05) is 22.9 Å². The van der Waals surface area contributed by atoms with Gasteiger partial charge in [-0.15, -0.1) is 0 Å². The molecule has 0 unspecified atom stereocenters. The molecule has 23 heavy (non-hydrogen) atoms.